The number of nitrogens with zero attached hydrogens (tertiary/aromatic N) is 2. The Labute approximate surface area is 282 Å². The first-order chi connectivity index (χ1) is 23.2. The predicted octanol–water partition coefficient (Wildman–Crippen LogP) is 13.7. The standard InChI is InChI=1S/C43H30N2S2/c1-29-11-10-16-32(25-29)45(35-19-22-37-36-17-8-9-18-40(36)46-42(37)28-35)33-21-24-41-39(26-33)38-23-20-34(27-43(38)47-41)44(30-12-4-2-5-13-30)31-14-6-3-7-15-31/h2-28H,1H3. The molecule has 0 saturated carbocycles. The topological polar surface area (TPSA) is 6.48 Å². The summed E-state index contributed by atoms with van der Waals surface area (Å²) in [5.74, 6) is 0. The molecule has 2 nitrogen and oxygen atoms in total. The lowest BCUT2D eigenvalue weighted by Gasteiger charge is -2.26. The molecule has 0 saturated heterocycles. The summed E-state index contributed by atoms with van der Waals surface area (Å²) in [6.07, 6.45) is 0. The molecular formula is C43H30N2S2. The van der Waals surface area contributed by atoms with Gasteiger partial charge in [0.1, 0.15) is 0 Å². The Kier molecular flexibility index (Phi) is 6.77. The second-order valence-electron chi connectivity index (χ2n) is 11.9. The molecule has 224 valence electrons. The number of fused-ring (bicyclic) bond motifs is 6. The summed E-state index contributed by atoms with van der Waals surface area (Å²) >= 11 is 3.72. The Hall–Kier alpha value is -5.42. The lowest BCUT2D eigenvalue weighted by atomic mass is 10.1. The molecule has 47 heavy (non-hydrogen) atoms. The summed E-state index contributed by atoms with van der Waals surface area (Å²) in [5, 5.41) is 5.19. The van der Waals surface area contributed by atoms with E-state index >= 15 is 0 Å². The van der Waals surface area contributed by atoms with E-state index in [4.69, 9.17) is 0 Å². The Bertz CT molecular complexity index is 2510. The molecule has 7 aromatic carbocycles. The monoisotopic (exact) mass is 638 g/mol. The zero-order valence-electron chi connectivity index (χ0n) is 25.8. The highest BCUT2D eigenvalue weighted by Crippen LogP contribution is 2.45. The van der Waals surface area contributed by atoms with Crippen molar-refractivity contribution in [1.82, 2.24) is 0 Å². The van der Waals surface area contributed by atoms with Gasteiger partial charge in [0.25, 0.3) is 0 Å². The number of benzene rings is 7. The van der Waals surface area contributed by atoms with Crippen LogP contribution in [0.5, 0.6) is 0 Å². The molecule has 0 aliphatic heterocycles. The minimum Gasteiger partial charge on any atom is -0.310 e. The summed E-state index contributed by atoms with van der Waals surface area (Å²) in [7, 11) is 0. The van der Waals surface area contributed by atoms with Crippen molar-refractivity contribution in [2.24, 2.45) is 0 Å². The van der Waals surface area contributed by atoms with Gasteiger partial charge in [0, 0.05) is 74.5 Å². The number of hydrogen-bond acceptors (Lipinski definition) is 4. The number of anilines is 6. The molecule has 0 aliphatic rings. The van der Waals surface area contributed by atoms with E-state index in [2.05, 4.69) is 181 Å². The van der Waals surface area contributed by atoms with Crippen LogP contribution in [-0.2, 0) is 0 Å². The first-order valence-corrected chi connectivity index (χ1v) is 17.5. The van der Waals surface area contributed by atoms with Gasteiger partial charge >= 0.3 is 0 Å². The normalized spacial score (nSPS) is 11.5. The van der Waals surface area contributed by atoms with E-state index in [-0.39, 0.29) is 0 Å². The number of aryl methyl sites for hydroxylation is 1. The number of hydrogen-bond donors (Lipinski definition) is 0. The Morgan fingerprint density at radius 2 is 0.787 bits per heavy atom. The van der Waals surface area contributed by atoms with Crippen LogP contribution in [0.2, 0.25) is 0 Å². The second kappa shape index (κ2) is 11.4. The fourth-order valence-corrected chi connectivity index (χ4v) is 8.96. The van der Waals surface area contributed by atoms with Crippen LogP contribution in [0, 0.1) is 6.92 Å². The molecule has 0 bridgehead atoms. The van der Waals surface area contributed by atoms with Crippen molar-refractivity contribution in [3.05, 3.63) is 169 Å². The van der Waals surface area contributed by atoms with Gasteiger partial charge in [0.05, 0.1) is 0 Å². The maximum absolute atomic E-state index is 2.40. The smallest absolute Gasteiger partial charge is 0.0476 e. The van der Waals surface area contributed by atoms with Gasteiger partial charge in [-0.1, -0.05) is 78.9 Å². The van der Waals surface area contributed by atoms with E-state index < -0.39 is 0 Å². The fourth-order valence-electron chi connectivity index (χ4n) is 6.70. The van der Waals surface area contributed by atoms with E-state index in [9.17, 15) is 0 Å². The van der Waals surface area contributed by atoms with E-state index in [0.717, 1.165) is 34.1 Å². The molecular weight excluding hydrogens is 609 g/mol. The van der Waals surface area contributed by atoms with Crippen LogP contribution in [0.3, 0.4) is 0 Å². The van der Waals surface area contributed by atoms with Crippen molar-refractivity contribution < 1.29 is 0 Å². The summed E-state index contributed by atoms with van der Waals surface area (Å²) in [4.78, 5) is 4.74. The summed E-state index contributed by atoms with van der Waals surface area (Å²) in [6, 6.07) is 59.5. The second-order valence-corrected chi connectivity index (χ2v) is 14.1. The van der Waals surface area contributed by atoms with Crippen LogP contribution >= 0.6 is 22.7 Å². The number of rotatable bonds is 6. The van der Waals surface area contributed by atoms with Crippen LogP contribution in [-0.4, -0.2) is 0 Å². The third kappa shape index (κ3) is 4.94. The summed E-state index contributed by atoms with van der Waals surface area (Å²) < 4.78 is 5.19. The molecule has 2 heterocycles. The lowest BCUT2D eigenvalue weighted by molar-refractivity contribution is 1.28. The molecule has 0 spiro atoms. The molecule has 0 radical (unpaired) electrons. The third-order valence-corrected chi connectivity index (χ3v) is 11.1. The maximum Gasteiger partial charge on any atom is 0.0476 e. The van der Waals surface area contributed by atoms with E-state index in [1.54, 1.807) is 0 Å². The van der Waals surface area contributed by atoms with Crippen molar-refractivity contribution in [2.45, 2.75) is 6.92 Å². The van der Waals surface area contributed by atoms with Crippen molar-refractivity contribution >= 4 is 97.1 Å². The molecule has 4 heteroatoms. The van der Waals surface area contributed by atoms with Crippen molar-refractivity contribution in [3.63, 3.8) is 0 Å². The van der Waals surface area contributed by atoms with Gasteiger partial charge in [0.2, 0.25) is 0 Å². The molecule has 0 atom stereocenters. The van der Waals surface area contributed by atoms with Gasteiger partial charge in [-0.3, -0.25) is 0 Å². The zero-order valence-corrected chi connectivity index (χ0v) is 27.4. The molecule has 9 rings (SSSR count). The average Bonchev–Trinajstić information content (AvgIpc) is 3.67. The maximum atomic E-state index is 2.40. The first-order valence-electron chi connectivity index (χ1n) is 15.8. The highest BCUT2D eigenvalue weighted by Gasteiger charge is 2.18. The van der Waals surface area contributed by atoms with E-state index in [1.165, 1.54) is 45.9 Å². The lowest BCUT2D eigenvalue weighted by Crippen LogP contribution is -2.10. The van der Waals surface area contributed by atoms with Crippen LogP contribution < -0.4 is 9.80 Å². The Morgan fingerprint density at radius 3 is 1.45 bits per heavy atom. The molecule has 0 aliphatic carbocycles. The largest absolute Gasteiger partial charge is 0.310 e. The predicted molar refractivity (Wildman–Crippen MR) is 206 cm³/mol. The number of thiophene rings is 2. The quantitative estimate of drug-likeness (QED) is 0.179. The van der Waals surface area contributed by atoms with E-state index in [1.807, 2.05) is 22.7 Å². The SMILES string of the molecule is Cc1cccc(N(c2ccc3c(c2)sc2ccccc23)c2ccc3sc4cc(N(c5ccccc5)c5ccccc5)ccc4c3c2)c1. The number of para-hydroxylation sites is 2. The molecule has 0 amide bonds. The highest BCUT2D eigenvalue weighted by atomic mass is 32.1. The molecule has 0 unspecified atom stereocenters. The third-order valence-electron chi connectivity index (χ3n) is 8.86. The first kappa shape index (κ1) is 27.9. The van der Waals surface area contributed by atoms with Crippen LogP contribution in [0.25, 0.3) is 40.3 Å². The van der Waals surface area contributed by atoms with Crippen LogP contribution in [0.1, 0.15) is 5.56 Å². The average molecular weight is 639 g/mol. The Balaban J connectivity index is 1.18. The van der Waals surface area contributed by atoms with Gasteiger partial charge in [-0.05, 0) is 97.4 Å². The minimum absolute atomic E-state index is 1.14. The minimum atomic E-state index is 1.14. The van der Waals surface area contributed by atoms with Gasteiger partial charge < -0.3 is 9.80 Å². The van der Waals surface area contributed by atoms with E-state index in [0.29, 0.717) is 0 Å². The molecule has 0 N–H and O–H groups in total. The zero-order chi connectivity index (χ0) is 31.3. The van der Waals surface area contributed by atoms with Gasteiger partial charge in [-0.25, -0.2) is 0 Å². The van der Waals surface area contributed by atoms with Crippen molar-refractivity contribution in [3.8, 4) is 0 Å². The summed E-state index contributed by atoms with van der Waals surface area (Å²) in [6.45, 7) is 2.16. The molecule has 0 fully saturated rings. The van der Waals surface area contributed by atoms with Gasteiger partial charge in [-0.2, -0.15) is 0 Å². The fraction of sp³-hybridized carbons (Fsp3) is 0.0233. The molecule has 9 aromatic rings. The highest BCUT2D eigenvalue weighted by molar-refractivity contribution is 7.26. The van der Waals surface area contributed by atoms with Gasteiger partial charge in [-0.15, -0.1) is 22.7 Å². The molecule has 2 aromatic heterocycles. The van der Waals surface area contributed by atoms with Crippen molar-refractivity contribution in [2.75, 3.05) is 9.80 Å². The van der Waals surface area contributed by atoms with Crippen LogP contribution in [0.4, 0.5) is 34.1 Å². The Morgan fingerprint density at radius 1 is 0.319 bits per heavy atom. The van der Waals surface area contributed by atoms with Gasteiger partial charge in [0.15, 0.2) is 0 Å². The van der Waals surface area contributed by atoms with Crippen molar-refractivity contribution in [1.29, 1.82) is 0 Å². The van der Waals surface area contributed by atoms with Crippen LogP contribution in [0.15, 0.2) is 164 Å². The summed E-state index contributed by atoms with van der Waals surface area (Å²) in [5.41, 5.74) is 8.16.